The molecule has 158 valence electrons. The van der Waals surface area contributed by atoms with Crippen molar-refractivity contribution in [2.75, 3.05) is 13.1 Å². The Balaban J connectivity index is 1.33. The Bertz CT molecular complexity index is 1290. The van der Waals surface area contributed by atoms with Crippen LogP contribution in [0.3, 0.4) is 0 Å². The van der Waals surface area contributed by atoms with E-state index in [1.54, 1.807) is 0 Å². The van der Waals surface area contributed by atoms with Crippen LogP contribution in [0.25, 0.3) is 33.6 Å². The van der Waals surface area contributed by atoms with E-state index in [0.29, 0.717) is 24.5 Å². The molecule has 1 saturated carbocycles. The van der Waals surface area contributed by atoms with Crippen molar-refractivity contribution in [1.82, 2.24) is 34.4 Å². The molecule has 31 heavy (non-hydrogen) atoms. The summed E-state index contributed by atoms with van der Waals surface area (Å²) in [5.41, 5.74) is 3.14. The Kier molecular flexibility index (Phi) is 4.15. The Morgan fingerprint density at radius 1 is 1.26 bits per heavy atom. The van der Waals surface area contributed by atoms with E-state index in [0.717, 1.165) is 53.9 Å². The van der Waals surface area contributed by atoms with Crippen LogP contribution in [0.4, 0.5) is 0 Å². The summed E-state index contributed by atoms with van der Waals surface area (Å²) in [4.78, 5) is 35.6. The molecule has 1 aliphatic carbocycles. The summed E-state index contributed by atoms with van der Waals surface area (Å²) in [5, 5.41) is 1.03. The second kappa shape index (κ2) is 7.04. The van der Waals surface area contributed by atoms with Crippen molar-refractivity contribution in [3.05, 3.63) is 30.9 Å². The zero-order valence-electron chi connectivity index (χ0n) is 17.3. The van der Waals surface area contributed by atoms with Crippen molar-refractivity contribution in [3.8, 4) is 17.3 Å². The molecule has 5 heterocycles. The van der Waals surface area contributed by atoms with Crippen LogP contribution in [0.15, 0.2) is 30.9 Å². The summed E-state index contributed by atoms with van der Waals surface area (Å²) >= 11 is 0. The Morgan fingerprint density at radius 3 is 3.00 bits per heavy atom. The van der Waals surface area contributed by atoms with Gasteiger partial charge >= 0.3 is 0 Å². The molecular weight excluding hydrogens is 394 g/mol. The molecule has 2 aliphatic rings. The van der Waals surface area contributed by atoms with Crippen LogP contribution < -0.4 is 4.74 Å². The van der Waals surface area contributed by atoms with Crippen molar-refractivity contribution in [2.45, 2.75) is 38.8 Å². The largest absolute Gasteiger partial charge is 0.471 e. The van der Waals surface area contributed by atoms with Crippen LogP contribution in [-0.4, -0.2) is 59.5 Å². The first kappa shape index (κ1) is 18.3. The lowest BCUT2D eigenvalue weighted by Gasteiger charge is -2.16. The second-order valence-corrected chi connectivity index (χ2v) is 8.26. The third-order valence-electron chi connectivity index (χ3n) is 6.13. The van der Waals surface area contributed by atoms with Crippen molar-refractivity contribution < 1.29 is 9.53 Å². The van der Waals surface area contributed by atoms with E-state index < -0.39 is 0 Å². The number of hydrogen-bond donors (Lipinski definition) is 1. The standard InChI is InChI=1S/C22H23N7O2/c1-2-29-19(15-9-14-5-7-23-18(14)24-10-15)27-17-20(29)25-12-26-21(17)31-16-6-8-28(11-16)22(30)13-3-4-13/h5,7,9-10,12-13,16H,2-4,6,8,11H2,1H3,(H,23,24)/t16-/m0/s1. The number of H-pyrrole nitrogens is 1. The van der Waals surface area contributed by atoms with Crippen molar-refractivity contribution >= 4 is 28.1 Å². The summed E-state index contributed by atoms with van der Waals surface area (Å²) in [6.07, 6.45) is 7.99. The minimum Gasteiger partial charge on any atom is -0.471 e. The highest BCUT2D eigenvalue weighted by Gasteiger charge is 2.37. The van der Waals surface area contributed by atoms with Gasteiger partial charge in [0.2, 0.25) is 11.8 Å². The van der Waals surface area contributed by atoms with E-state index in [9.17, 15) is 4.79 Å². The first-order valence-corrected chi connectivity index (χ1v) is 10.8. The summed E-state index contributed by atoms with van der Waals surface area (Å²) < 4.78 is 8.29. The van der Waals surface area contributed by atoms with Crippen LogP contribution in [0.5, 0.6) is 5.88 Å². The number of hydrogen-bond acceptors (Lipinski definition) is 6. The number of aromatic nitrogens is 6. The van der Waals surface area contributed by atoms with Gasteiger partial charge in [-0.25, -0.2) is 15.0 Å². The first-order chi connectivity index (χ1) is 15.2. The zero-order chi connectivity index (χ0) is 20.9. The molecule has 1 atom stereocenters. The third-order valence-corrected chi connectivity index (χ3v) is 6.13. The molecular formula is C22H23N7O2. The molecule has 1 amide bonds. The molecule has 0 spiro atoms. The number of ether oxygens (including phenoxy) is 1. The quantitative estimate of drug-likeness (QED) is 0.536. The predicted octanol–water partition coefficient (Wildman–Crippen LogP) is 2.78. The minimum absolute atomic E-state index is 0.0751. The highest BCUT2D eigenvalue weighted by Crippen LogP contribution is 2.33. The maximum atomic E-state index is 12.4. The van der Waals surface area contributed by atoms with Crippen molar-refractivity contribution in [3.63, 3.8) is 0 Å². The number of rotatable bonds is 5. The molecule has 1 saturated heterocycles. The van der Waals surface area contributed by atoms with Gasteiger partial charge in [0.25, 0.3) is 0 Å². The lowest BCUT2D eigenvalue weighted by molar-refractivity contribution is -0.131. The molecule has 9 nitrogen and oxygen atoms in total. The number of fused-ring (bicyclic) bond motifs is 2. The van der Waals surface area contributed by atoms with Gasteiger partial charge in [0.05, 0.1) is 6.54 Å². The van der Waals surface area contributed by atoms with Gasteiger partial charge in [-0.05, 0) is 31.9 Å². The van der Waals surface area contributed by atoms with E-state index in [2.05, 4.69) is 37.5 Å². The van der Waals surface area contributed by atoms with Crippen LogP contribution >= 0.6 is 0 Å². The number of carbonyl (C=O) groups excluding carboxylic acids is 1. The molecule has 0 bridgehead atoms. The molecule has 0 aromatic carbocycles. The van der Waals surface area contributed by atoms with Gasteiger partial charge in [-0.15, -0.1) is 0 Å². The Hall–Kier alpha value is -3.49. The Labute approximate surface area is 178 Å². The number of imidazole rings is 1. The molecule has 0 unspecified atom stereocenters. The van der Waals surface area contributed by atoms with Crippen molar-refractivity contribution in [1.29, 1.82) is 0 Å². The average molecular weight is 417 g/mol. The van der Waals surface area contributed by atoms with Gasteiger partial charge < -0.3 is 19.2 Å². The van der Waals surface area contributed by atoms with Crippen LogP contribution in [0.2, 0.25) is 0 Å². The fourth-order valence-electron chi connectivity index (χ4n) is 4.36. The third kappa shape index (κ3) is 3.11. The average Bonchev–Trinajstić information content (AvgIpc) is 3.20. The van der Waals surface area contributed by atoms with Crippen molar-refractivity contribution in [2.24, 2.45) is 5.92 Å². The molecule has 2 fully saturated rings. The SMILES string of the molecule is CCn1c(-c2cnc3[nH]ccc3c2)nc2c(O[C@H]3CCN(C(=O)C4CC4)C3)ncnc21. The molecule has 4 aromatic heterocycles. The molecule has 9 heteroatoms. The van der Waals surface area contributed by atoms with Crippen LogP contribution in [0, 0.1) is 5.92 Å². The molecule has 4 aromatic rings. The van der Waals surface area contributed by atoms with Gasteiger partial charge in [0.1, 0.15) is 23.9 Å². The molecule has 6 rings (SSSR count). The zero-order valence-corrected chi connectivity index (χ0v) is 17.3. The van der Waals surface area contributed by atoms with E-state index in [1.165, 1.54) is 6.33 Å². The number of likely N-dealkylation sites (tertiary alicyclic amines) is 1. The summed E-state index contributed by atoms with van der Waals surface area (Å²) in [5.74, 6) is 1.76. The fourth-order valence-corrected chi connectivity index (χ4v) is 4.36. The first-order valence-electron chi connectivity index (χ1n) is 10.8. The smallest absolute Gasteiger partial charge is 0.245 e. The second-order valence-electron chi connectivity index (χ2n) is 8.26. The van der Waals surface area contributed by atoms with Gasteiger partial charge in [-0.3, -0.25) is 4.79 Å². The normalized spacial score (nSPS) is 18.9. The van der Waals surface area contributed by atoms with Crippen LogP contribution in [-0.2, 0) is 11.3 Å². The summed E-state index contributed by atoms with van der Waals surface area (Å²) in [6.45, 7) is 4.12. The molecule has 1 aliphatic heterocycles. The van der Waals surface area contributed by atoms with E-state index >= 15 is 0 Å². The van der Waals surface area contributed by atoms with Gasteiger partial charge in [0.15, 0.2) is 11.2 Å². The number of amides is 1. The molecule has 0 radical (unpaired) electrons. The molecule has 1 N–H and O–H groups in total. The number of carbonyl (C=O) groups is 1. The number of nitrogens with one attached hydrogen (secondary N) is 1. The van der Waals surface area contributed by atoms with E-state index in [4.69, 9.17) is 9.72 Å². The van der Waals surface area contributed by atoms with Crippen LogP contribution in [0.1, 0.15) is 26.2 Å². The van der Waals surface area contributed by atoms with Gasteiger partial charge in [0, 0.05) is 48.8 Å². The van der Waals surface area contributed by atoms with Gasteiger partial charge in [-0.2, -0.15) is 4.98 Å². The lowest BCUT2D eigenvalue weighted by atomic mass is 10.2. The maximum absolute atomic E-state index is 12.4. The Morgan fingerprint density at radius 2 is 2.16 bits per heavy atom. The van der Waals surface area contributed by atoms with Gasteiger partial charge in [-0.1, -0.05) is 0 Å². The summed E-state index contributed by atoms with van der Waals surface area (Å²) in [7, 11) is 0. The number of nitrogens with zero attached hydrogens (tertiary/aromatic N) is 6. The number of aromatic amines is 1. The lowest BCUT2D eigenvalue weighted by Crippen LogP contribution is -2.32. The number of pyridine rings is 1. The topological polar surface area (TPSA) is 102 Å². The summed E-state index contributed by atoms with van der Waals surface area (Å²) in [6, 6.07) is 4.06. The van der Waals surface area contributed by atoms with E-state index in [1.807, 2.05) is 23.4 Å². The monoisotopic (exact) mass is 417 g/mol. The van der Waals surface area contributed by atoms with E-state index in [-0.39, 0.29) is 17.9 Å². The predicted molar refractivity (Wildman–Crippen MR) is 114 cm³/mol. The highest BCUT2D eigenvalue weighted by atomic mass is 16.5. The minimum atomic E-state index is -0.0751. The fraction of sp³-hybridized carbons (Fsp3) is 0.409. The highest BCUT2D eigenvalue weighted by molar-refractivity contribution is 5.85. The maximum Gasteiger partial charge on any atom is 0.245 e. The number of aryl methyl sites for hydroxylation is 1.